The molecule has 94 valence electrons. The van der Waals surface area contributed by atoms with Gasteiger partial charge in [0.05, 0.1) is 6.61 Å². The molecule has 1 aromatic carbocycles. The van der Waals surface area contributed by atoms with Crippen LogP contribution in [-0.2, 0) is 12.2 Å². The van der Waals surface area contributed by atoms with Gasteiger partial charge in [0.15, 0.2) is 0 Å². The summed E-state index contributed by atoms with van der Waals surface area (Å²) < 4.78 is 5.68. The van der Waals surface area contributed by atoms with Crippen LogP contribution in [0.4, 0.5) is 0 Å². The average Bonchev–Trinajstić information content (AvgIpc) is 2.74. The van der Waals surface area contributed by atoms with Crippen molar-refractivity contribution in [3.8, 4) is 5.75 Å². The van der Waals surface area contributed by atoms with Gasteiger partial charge in [-0.3, -0.25) is 0 Å². The largest absolute Gasteiger partial charge is 0.493 e. The van der Waals surface area contributed by atoms with Gasteiger partial charge < -0.3 is 4.74 Å². The Balaban J connectivity index is 2.05. The van der Waals surface area contributed by atoms with Gasteiger partial charge in [0, 0.05) is 33.9 Å². The zero-order valence-electron chi connectivity index (χ0n) is 9.84. The van der Waals surface area contributed by atoms with E-state index in [1.165, 1.54) is 11.1 Å². The summed E-state index contributed by atoms with van der Waals surface area (Å²) in [6, 6.07) is 4.03. The molecule has 0 N–H and O–H groups in total. The molecule has 1 aliphatic rings. The number of hydrogen-bond donors (Lipinski definition) is 0. The predicted octanol–water partition coefficient (Wildman–Crippen LogP) is 4.53. The molecule has 0 saturated carbocycles. The number of benzene rings is 1. The highest BCUT2D eigenvalue weighted by molar-refractivity contribution is 7.99. The smallest absolute Gasteiger partial charge is 0.126 e. The second kappa shape index (κ2) is 6.21. The van der Waals surface area contributed by atoms with Crippen molar-refractivity contribution in [3.05, 3.63) is 28.3 Å². The number of fused-ring (bicyclic) bond motifs is 1. The Bertz CT molecular complexity index is 395. The summed E-state index contributed by atoms with van der Waals surface area (Å²) in [6.45, 7) is 2.99. The Hall–Kier alpha value is -0.0500. The Kier molecular flexibility index (Phi) is 4.89. The summed E-state index contributed by atoms with van der Waals surface area (Å²) in [5.41, 5.74) is 2.47. The Labute approximate surface area is 117 Å². The van der Waals surface area contributed by atoms with Crippen molar-refractivity contribution in [2.24, 2.45) is 0 Å². The average molecular weight is 291 g/mol. The van der Waals surface area contributed by atoms with Gasteiger partial charge >= 0.3 is 0 Å². The van der Waals surface area contributed by atoms with Crippen LogP contribution in [0.5, 0.6) is 5.75 Å². The predicted molar refractivity (Wildman–Crippen MR) is 76.7 cm³/mol. The summed E-state index contributed by atoms with van der Waals surface area (Å²) in [7, 11) is 0. The fourth-order valence-electron chi connectivity index (χ4n) is 1.92. The van der Waals surface area contributed by atoms with E-state index in [1.54, 1.807) is 0 Å². The summed E-state index contributed by atoms with van der Waals surface area (Å²) in [4.78, 5) is 0. The van der Waals surface area contributed by atoms with Crippen LogP contribution in [0.1, 0.15) is 24.5 Å². The minimum Gasteiger partial charge on any atom is -0.493 e. The Morgan fingerprint density at radius 1 is 1.47 bits per heavy atom. The minimum absolute atomic E-state index is 0.573. The molecule has 17 heavy (non-hydrogen) atoms. The number of rotatable bonds is 5. The molecule has 1 heterocycles. The van der Waals surface area contributed by atoms with E-state index in [0.29, 0.717) is 5.25 Å². The third kappa shape index (κ3) is 3.46. The summed E-state index contributed by atoms with van der Waals surface area (Å²) in [5.74, 6) is 2.72. The van der Waals surface area contributed by atoms with Crippen molar-refractivity contribution < 1.29 is 4.74 Å². The van der Waals surface area contributed by atoms with Crippen molar-refractivity contribution >= 4 is 35.0 Å². The molecular weight excluding hydrogens is 275 g/mol. The van der Waals surface area contributed by atoms with E-state index in [9.17, 15) is 0 Å². The zero-order chi connectivity index (χ0) is 12.3. The maximum atomic E-state index is 6.12. The first kappa shape index (κ1) is 13.4. The van der Waals surface area contributed by atoms with Crippen molar-refractivity contribution in [1.29, 1.82) is 0 Å². The van der Waals surface area contributed by atoms with E-state index in [1.807, 2.05) is 23.9 Å². The molecular formula is C13H16Cl2OS. The molecule has 0 spiro atoms. The molecule has 0 fully saturated rings. The lowest BCUT2D eigenvalue weighted by Gasteiger charge is -2.12. The van der Waals surface area contributed by atoms with Crippen molar-refractivity contribution in [2.45, 2.75) is 30.8 Å². The maximum absolute atomic E-state index is 6.12. The van der Waals surface area contributed by atoms with Gasteiger partial charge in [-0.05, 0) is 24.1 Å². The number of ether oxygens (including phenoxy) is 1. The number of thioether (sulfide) groups is 1. The van der Waals surface area contributed by atoms with Crippen LogP contribution in [0.25, 0.3) is 0 Å². The first-order valence-corrected chi connectivity index (χ1v) is 7.78. The summed E-state index contributed by atoms with van der Waals surface area (Å²) in [6.07, 6.45) is 2.01. The fraction of sp³-hybridized carbons (Fsp3) is 0.538. The molecule has 2 rings (SSSR count). The lowest BCUT2D eigenvalue weighted by molar-refractivity contribution is 0.354. The number of hydrogen-bond acceptors (Lipinski definition) is 2. The molecule has 0 amide bonds. The monoisotopic (exact) mass is 290 g/mol. The third-order valence-corrected chi connectivity index (χ3v) is 4.58. The summed E-state index contributed by atoms with van der Waals surface area (Å²) >= 11 is 13.8. The van der Waals surface area contributed by atoms with Gasteiger partial charge in [0.25, 0.3) is 0 Å². The standard InChI is InChI=1S/C13H16Cl2OS/c1-9(2-4-14)17-8-11-7-12(15)6-10-3-5-16-13(10)11/h6-7,9H,2-5,8H2,1H3. The molecule has 0 aromatic heterocycles. The fourth-order valence-corrected chi connectivity index (χ4v) is 3.61. The second-order valence-corrected chi connectivity index (χ2v) is 6.49. The summed E-state index contributed by atoms with van der Waals surface area (Å²) in [5, 5.41) is 1.39. The normalized spacial score (nSPS) is 15.5. The van der Waals surface area contributed by atoms with Gasteiger partial charge in [0.2, 0.25) is 0 Å². The van der Waals surface area contributed by atoms with E-state index in [0.717, 1.165) is 41.9 Å². The zero-order valence-corrected chi connectivity index (χ0v) is 12.2. The van der Waals surface area contributed by atoms with Gasteiger partial charge in [-0.25, -0.2) is 0 Å². The van der Waals surface area contributed by atoms with Gasteiger partial charge in [-0.15, -0.1) is 11.6 Å². The Morgan fingerprint density at radius 2 is 2.29 bits per heavy atom. The molecule has 1 aromatic rings. The van der Waals surface area contributed by atoms with Crippen LogP contribution in [0, 0.1) is 0 Å². The minimum atomic E-state index is 0.573. The van der Waals surface area contributed by atoms with Crippen LogP contribution in [-0.4, -0.2) is 17.7 Å². The van der Waals surface area contributed by atoms with E-state index in [-0.39, 0.29) is 0 Å². The molecule has 0 radical (unpaired) electrons. The SMILES string of the molecule is CC(CCCl)SCc1cc(Cl)cc2c1OCC2. The lowest BCUT2D eigenvalue weighted by atomic mass is 10.1. The highest BCUT2D eigenvalue weighted by Crippen LogP contribution is 2.35. The van der Waals surface area contributed by atoms with Crippen LogP contribution < -0.4 is 4.74 Å². The van der Waals surface area contributed by atoms with E-state index in [2.05, 4.69) is 6.92 Å². The Morgan fingerprint density at radius 3 is 3.06 bits per heavy atom. The first-order chi connectivity index (χ1) is 8.20. The molecule has 1 atom stereocenters. The molecule has 1 unspecified atom stereocenters. The number of halogens is 2. The lowest BCUT2D eigenvalue weighted by Crippen LogP contribution is -1.98. The third-order valence-electron chi connectivity index (χ3n) is 2.86. The van der Waals surface area contributed by atoms with Crippen LogP contribution in [0.2, 0.25) is 5.02 Å². The molecule has 0 bridgehead atoms. The van der Waals surface area contributed by atoms with Gasteiger partial charge in [-0.1, -0.05) is 18.5 Å². The second-order valence-electron chi connectivity index (χ2n) is 4.25. The molecule has 1 nitrogen and oxygen atoms in total. The molecule has 0 saturated heterocycles. The first-order valence-electron chi connectivity index (χ1n) is 5.82. The molecule has 1 aliphatic heterocycles. The van der Waals surface area contributed by atoms with Crippen LogP contribution in [0.3, 0.4) is 0 Å². The van der Waals surface area contributed by atoms with Crippen molar-refractivity contribution in [1.82, 2.24) is 0 Å². The van der Waals surface area contributed by atoms with Crippen molar-refractivity contribution in [2.75, 3.05) is 12.5 Å². The van der Waals surface area contributed by atoms with Gasteiger partial charge in [-0.2, -0.15) is 11.8 Å². The van der Waals surface area contributed by atoms with Crippen molar-refractivity contribution in [3.63, 3.8) is 0 Å². The van der Waals surface area contributed by atoms with E-state index >= 15 is 0 Å². The van der Waals surface area contributed by atoms with E-state index < -0.39 is 0 Å². The van der Waals surface area contributed by atoms with Crippen LogP contribution >= 0.6 is 35.0 Å². The van der Waals surface area contributed by atoms with Gasteiger partial charge in [0.1, 0.15) is 5.75 Å². The quantitative estimate of drug-likeness (QED) is 0.737. The number of alkyl halides is 1. The topological polar surface area (TPSA) is 9.23 Å². The molecule has 0 aliphatic carbocycles. The maximum Gasteiger partial charge on any atom is 0.126 e. The van der Waals surface area contributed by atoms with E-state index in [4.69, 9.17) is 27.9 Å². The molecule has 4 heteroatoms. The highest BCUT2D eigenvalue weighted by Gasteiger charge is 2.18. The highest BCUT2D eigenvalue weighted by atomic mass is 35.5. The van der Waals surface area contributed by atoms with Crippen LogP contribution in [0.15, 0.2) is 12.1 Å².